The van der Waals surface area contributed by atoms with Crippen LogP contribution in [0.5, 0.6) is 11.5 Å². The number of ether oxygens (including phenoxy) is 1. The Morgan fingerprint density at radius 2 is 1.73 bits per heavy atom. The van der Waals surface area contributed by atoms with Crippen LogP contribution in [0.4, 0.5) is 10.5 Å². The van der Waals surface area contributed by atoms with Gasteiger partial charge in [-0.2, -0.15) is 0 Å². The van der Waals surface area contributed by atoms with Gasteiger partial charge in [0.15, 0.2) is 0 Å². The maximum absolute atomic E-state index is 12.6. The fourth-order valence-electron chi connectivity index (χ4n) is 3.00. The second kappa shape index (κ2) is 9.80. The highest BCUT2D eigenvalue weighted by Crippen LogP contribution is 2.27. The normalized spacial score (nSPS) is 11.4. The number of hydrogen-bond donors (Lipinski definition) is 3. The summed E-state index contributed by atoms with van der Waals surface area (Å²) in [7, 11) is 0. The van der Waals surface area contributed by atoms with Crippen molar-refractivity contribution in [2.45, 2.75) is 19.4 Å². The first-order chi connectivity index (χ1) is 14.4. The molecule has 0 saturated heterocycles. The predicted octanol–water partition coefficient (Wildman–Crippen LogP) is 5.18. The van der Waals surface area contributed by atoms with Gasteiger partial charge in [0.2, 0.25) is 5.91 Å². The molecule has 0 spiro atoms. The summed E-state index contributed by atoms with van der Waals surface area (Å²) in [4.78, 5) is 24.1. The third kappa shape index (κ3) is 5.99. The van der Waals surface area contributed by atoms with E-state index in [1.54, 1.807) is 42.5 Å². The molecule has 0 saturated carbocycles. The number of rotatable bonds is 7. The largest absolute Gasteiger partial charge is 0.457 e. The number of anilines is 1. The van der Waals surface area contributed by atoms with E-state index < -0.39 is 12.1 Å². The molecule has 3 aromatic rings. The van der Waals surface area contributed by atoms with E-state index in [0.717, 1.165) is 5.56 Å². The quantitative estimate of drug-likeness (QED) is 0.488. The molecule has 3 rings (SSSR count). The van der Waals surface area contributed by atoms with Crippen molar-refractivity contribution in [3.63, 3.8) is 0 Å². The molecular weight excluding hydrogens is 402 g/mol. The summed E-state index contributed by atoms with van der Waals surface area (Å²) < 4.78 is 5.84. The smallest absolute Gasteiger partial charge is 0.312 e. The molecule has 30 heavy (non-hydrogen) atoms. The molecule has 0 radical (unpaired) electrons. The van der Waals surface area contributed by atoms with Crippen LogP contribution in [0.3, 0.4) is 0 Å². The molecule has 0 heterocycles. The Morgan fingerprint density at radius 1 is 1.00 bits per heavy atom. The predicted molar refractivity (Wildman–Crippen MR) is 118 cm³/mol. The maximum Gasteiger partial charge on any atom is 0.312 e. The fraction of sp³-hybridized carbons (Fsp3) is 0.130. The monoisotopic (exact) mass is 423 g/mol. The van der Waals surface area contributed by atoms with Gasteiger partial charge >= 0.3 is 6.03 Å². The van der Waals surface area contributed by atoms with Crippen molar-refractivity contribution in [1.82, 2.24) is 5.32 Å². The second-order valence-electron chi connectivity index (χ2n) is 6.76. The standard InChI is InChI=1S/C23H22ClN3O3/c1-15-12-17(24)10-11-20(15)26-22(28)14-21(27-23(25)29)16-6-5-9-19(13-16)30-18-7-3-2-4-8-18/h2-13,21H,14H2,1H3,(H,26,28)(H3,25,27,29). The van der Waals surface area contributed by atoms with Crippen molar-refractivity contribution < 1.29 is 14.3 Å². The van der Waals surface area contributed by atoms with E-state index >= 15 is 0 Å². The third-order valence-electron chi connectivity index (χ3n) is 4.41. The number of primary amides is 1. The topological polar surface area (TPSA) is 93.5 Å². The summed E-state index contributed by atoms with van der Waals surface area (Å²) in [5.74, 6) is 1.00. The van der Waals surface area contributed by atoms with Crippen LogP contribution in [0.1, 0.15) is 23.6 Å². The maximum atomic E-state index is 12.6. The Kier molecular flexibility index (Phi) is 6.93. The van der Waals surface area contributed by atoms with Crippen molar-refractivity contribution in [2.24, 2.45) is 5.73 Å². The number of hydrogen-bond acceptors (Lipinski definition) is 3. The summed E-state index contributed by atoms with van der Waals surface area (Å²) >= 11 is 5.96. The molecule has 1 unspecified atom stereocenters. The molecule has 0 bridgehead atoms. The Hall–Kier alpha value is -3.51. The number of benzene rings is 3. The molecule has 6 nitrogen and oxygen atoms in total. The Balaban J connectivity index is 1.76. The van der Waals surface area contributed by atoms with Gasteiger partial charge in [0, 0.05) is 10.7 Å². The summed E-state index contributed by atoms with van der Waals surface area (Å²) in [5.41, 5.74) is 7.53. The van der Waals surface area contributed by atoms with Crippen LogP contribution >= 0.6 is 11.6 Å². The number of nitrogens with one attached hydrogen (secondary N) is 2. The molecule has 7 heteroatoms. The first-order valence-corrected chi connectivity index (χ1v) is 9.73. The van der Waals surface area contributed by atoms with Crippen LogP contribution in [0, 0.1) is 6.92 Å². The number of urea groups is 1. The molecule has 1 atom stereocenters. The zero-order valence-electron chi connectivity index (χ0n) is 16.4. The number of carbonyl (C=O) groups excluding carboxylic acids is 2. The van der Waals surface area contributed by atoms with Gasteiger partial charge in [-0.3, -0.25) is 4.79 Å². The number of aryl methyl sites for hydroxylation is 1. The average Bonchev–Trinajstić information content (AvgIpc) is 2.70. The van der Waals surface area contributed by atoms with Gasteiger partial charge in [-0.05, 0) is 60.5 Å². The zero-order chi connectivity index (χ0) is 21.5. The van der Waals surface area contributed by atoms with Crippen molar-refractivity contribution in [1.29, 1.82) is 0 Å². The van der Waals surface area contributed by atoms with E-state index in [2.05, 4.69) is 10.6 Å². The van der Waals surface area contributed by atoms with Gasteiger partial charge in [0.05, 0.1) is 12.5 Å². The van der Waals surface area contributed by atoms with Crippen LogP contribution in [-0.4, -0.2) is 11.9 Å². The van der Waals surface area contributed by atoms with Gasteiger partial charge < -0.3 is 21.1 Å². The number of halogens is 1. The van der Waals surface area contributed by atoms with Gasteiger partial charge in [-0.25, -0.2) is 4.79 Å². The summed E-state index contributed by atoms with van der Waals surface area (Å²) in [6.07, 6.45) is -0.000202. The lowest BCUT2D eigenvalue weighted by atomic mass is 10.0. The first-order valence-electron chi connectivity index (χ1n) is 9.35. The molecule has 4 N–H and O–H groups in total. The lowest BCUT2D eigenvalue weighted by Gasteiger charge is -2.19. The highest BCUT2D eigenvalue weighted by Gasteiger charge is 2.19. The van der Waals surface area contributed by atoms with E-state index in [-0.39, 0.29) is 12.3 Å². The minimum absolute atomic E-state index is 0.000202. The highest BCUT2D eigenvalue weighted by molar-refractivity contribution is 6.30. The van der Waals surface area contributed by atoms with E-state index in [0.29, 0.717) is 27.8 Å². The number of amides is 3. The van der Waals surface area contributed by atoms with Crippen molar-refractivity contribution >= 4 is 29.2 Å². The van der Waals surface area contributed by atoms with Gasteiger partial charge in [-0.1, -0.05) is 41.9 Å². The van der Waals surface area contributed by atoms with Crippen LogP contribution in [-0.2, 0) is 4.79 Å². The minimum Gasteiger partial charge on any atom is -0.457 e. The lowest BCUT2D eigenvalue weighted by molar-refractivity contribution is -0.116. The van der Waals surface area contributed by atoms with Crippen molar-refractivity contribution in [2.75, 3.05) is 5.32 Å². The first kappa shape index (κ1) is 21.2. The molecular formula is C23H22ClN3O3. The van der Waals surface area contributed by atoms with E-state index in [1.807, 2.05) is 37.3 Å². The Labute approximate surface area is 180 Å². The molecule has 0 aromatic heterocycles. The lowest BCUT2D eigenvalue weighted by Crippen LogP contribution is -2.35. The second-order valence-corrected chi connectivity index (χ2v) is 7.20. The Bertz CT molecular complexity index is 1040. The van der Waals surface area contributed by atoms with E-state index in [1.165, 1.54) is 0 Å². The van der Waals surface area contributed by atoms with Crippen LogP contribution in [0.2, 0.25) is 5.02 Å². The van der Waals surface area contributed by atoms with E-state index in [9.17, 15) is 9.59 Å². The molecule has 0 aliphatic carbocycles. The third-order valence-corrected chi connectivity index (χ3v) is 4.64. The molecule has 0 aliphatic heterocycles. The van der Waals surface area contributed by atoms with Gasteiger partial charge in [-0.15, -0.1) is 0 Å². The molecule has 3 amide bonds. The summed E-state index contributed by atoms with van der Waals surface area (Å²) in [6, 6.07) is 20.4. The molecule has 3 aromatic carbocycles. The molecule has 154 valence electrons. The number of carbonyl (C=O) groups is 2. The van der Waals surface area contributed by atoms with Gasteiger partial charge in [0.1, 0.15) is 11.5 Å². The van der Waals surface area contributed by atoms with E-state index in [4.69, 9.17) is 22.1 Å². The fourth-order valence-corrected chi connectivity index (χ4v) is 3.22. The van der Waals surface area contributed by atoms with Crippen LogP contribution < -0.4 is 21.1 Å². The minimum atomic E-state index is -0.718. The highest BCUT2D eigenvalue weighted by atomic mass is 35.5. The van der Waals surface area contributed by atoms with Crippen LogP contribution in [0.15, 0.2) is 72.8 Å². The summed E-state index contributed by atoms with van der Waals surface area (Å²) in [5, 5.41) is 6.07. The summed E-state index contributed by atoms with van der Waals surface area (Å²) in [6.45, 7) is 1.85. The van der Waals surface area contributed by atoms with Crippen LogP contribution in [0.25, 0.3) is 0 Å². The molecule has 0 fully saturated rings. The zero-order valence-corrected chi connectivity index (χ0v) is 17.1. The number of para-hydroxylation sites is 1. The number of nitrogens with two attached hydrogens (primary N) is 1. The average molecular weight is 424 g/mol. The molecule has 0 aliphatic rings. The van der Waals surface area contributed by atoms with Gasteiger partial charge in [0.25, 0.3) is 0 Å². The Morgan fingerprint density at radius 3 is 2.43 bits per heavy atom. The van der Waals surface area contributed by atoms with Crippen molar-refractivity contribution in [3.8, 4) is 11.5 Å². The SMILES string of the molecule is Cc1cc(Cl)ccc1NC(=O)CC(NC(N)=O)c1cccc(Oc2ccccc2)c1. The van der Waals surface area contributed by atoms with Crippen molar-refractivity contribution in [3.05, 3.63) is 88.9 Å².